The van der Waals surface area contributed by atoms with E-state index in [0.29, 0.717) is 6.42 Å². The zero-order valence-corrected chi connectivity index (χ0v) is 10.7. The molecule has 0 aromatic heterocycles. The molecule has 6 heteroatoms. The first-order valence-corrected chi connectivity index (χ1v) is 5.85. The van der Waals surface area contributed by atoms with Crippen LogP contribution in [0.25, 0.3) is 0 Å². The van der Waals surface area contributed by atoms with Crippen molar-refractivity contribution in [1.82, 2.24) is 10.6 Å². The molecule has 2 atom stereocenters. The van der Waals surface area contributed by atoms with Crippen LogP contribution >= 0.6 is 0 Å². The molecule has 0 aliphatic carbocycles. The van der Waals surface area contributed by atoms with Crippen LogP contribution in [0.15, 0.2) is 0 Å². The highest BCUT2D eigenvalue weighted by Crippen LogP contribution is 1.97. The van der Waals surface area contributed by atoms with Crippen LogP contribution in [0.5, 0.6) is 0 Å². The lowest BCUT2D eigenvalue weighted by atomic mass is 10.1. The summed E-state index contributed by atoms with van der Waals surface area (Å²) < 4.78 is 0. The van der Waals surface area contributed by atoms with Crippen molar-refractivity contribution in [3.05, 3.63) is 0 Å². The Kier molecular flexibility index (Phi) is 7.49. The SMILES string of the molecule is CCC(CO)NC(=O)CNC(=O)[C@@H](N)C(C)C. The summed E-state index contributed by atoms with van der Waals surface area (Å²) in [5.74, 6) is -0.638. The molecule has 0 heterocycles. The molecule has 6 nitrogen and oxygen atoms in total. The molecule has 17 heavy (non-hydrogen) atoms. The van der Waals surface area contributed by atoms with E-state index in [1.165, 1.54) is 0 Å². The number of aliphatic hydroxyl groups is 1. The summed E-state index contributed by atoms with van der Waals surface area (Å²) in [5, 5.41) is 13.9. The fraction of sp³-hybridized carbons (Fsp3) is 0.818. The summed E-state index contributed by atoms with van der Waals surface area (Å²) in [6.45, 7) is 5.30. The van der Waals surface area contributed by atoms with Crippen LogP contribution in [0.3, 0.4) is 0 Å². The van der Waals surface area contributed by atoms with Crippen molar-refractivity contribution in [2.75, 3.05) is 13.2 Å². The van der Waals surface area contributed by atoms with Crippen LogP contribution in [0.4, 0.5) is 0 Å². The Bertz CT molecular complexity index is 252. The maximum absolute atomic E-state index is 11.4. The van der Waals surface area contributed by atoms with Gasteiger partial charge in [0.2, 0.25) is 11.8 Å². The zero-order chi connectivity index (χ0) is 13.4. The minimum absolute atomic E-state index is 0.0268. The molecular formula is C11H23N3O3. The lowest BCUT2D eigenvalue weighted by Gasteiger charge is -2.17. The lowest BCUT2D eigenvalue weighted by Crippen LogP contribution is -2.48. The zero-order valence-electron chi connectivity index (χ0n) is 10.7. The number of carbonyl (C=O) groups is 2. The van der Waals surface area contributed by atoms with Crippen LogP contribution < -0.4 is 16.4 Å². The molecule has 0 aliphatic heterocycles. The van der Waals surface area contributed by atoms with Crippen molar-refractivity contribution >= 4 is 11.8 Å². The van der Waals surface area contributed by atoms with Gasteiger partial charge in [-0.05, 0) is 12.3 Å². The number of amides is 2. The first-order chi connectivity index (χ1) is 7.92. The number of carbonyl (C=O) groups excluding carboxylic acids is 2. The summed E-state index contributed by atoms with van der Waals surface area (Å²) in [5.41, 5.74) is 5.62. The second-order valence-electron chi connectivity index (χ2n) is 4.34. The lowest BCUT2D eigenvalue weighted by molar-refractivity contribution is -0.127. The number of rotatable bonds is 7. The van der Waals surface area contributed by atoms with Gasteiger partial charge in [0.25, 0.3) is 0 Å². The first-order valence-electron chi connectivity index (χ1n) is 5.85. The van der Waals surface area contributed by atoms with Gasteiger partial charge in [-0.25, -0.2) is 0 Å². The predicted octanol–water partition coefficient (Wildman–Crippen LogP) is -1.03. The highest BCUT2D eigenvalue weighted by molar-refractivity contribution is 5.87. The van der Waals surface area contributed by atoms with E-state index in [4.69, 9.17) is 10.8 Å². The third-order valence-electron chi connectivity index (χ3n) is 2.52. The molecule has 1 unspecified atom stereocenters. The van der Waals surface area contributed by atoms with Crippen molar-refractivity contribution in [2.45, 2.75) is 39.3 Å². The summed E-state index contributed by atoms with van der Waals surface area (Å²) >= 11 is 0. The van der Waals surface area contributed by atoms with E-state index >= 15 is 0 Å². The number of hydrogen-bond donors (Lipinski definition) is 4. The maximum Gasteiger partial charge on any atom is 0.239 e. The van der Waals surface area contributed by atoms with Gasteiger partial charge >= 0.3 is 0 Å². The molecule has 0 rings (SSSR count). The van der Waals surface area contributed by atoms with Crippen LogP contribution in [-0.4, -0.2) is 42.2 Å². The summed E-state index contributed by atoms with van der Waals surface area (Å²) in [4.78, 5) is 22.8. The molecule has 0 radical (unpaired) electrons. The molecule has 0 aliphatic rings. The van der Waals surface area contributed by atoms with E-state index in [0.717, 1.165) is 0 Å². The van der Waals surface area contributed by atoms with Gasteiger partial charge in [0.15, 0.2) is 0 Å². The minimum atomic E-state index is -0.609. The number of aliphatic hydroxyl groups excluding tert-OH is 1. The van der Waals surface area contributed by atoms with Crippen molar-refractivity contribution in [2.24, 2.45) is 11.7 Å². The van der Waals surface area contributed by atoms with E-state index < -0.39 is 6.04 Å². The molecule has 0 saturated heterocycles. The molecule has 0 saturated carbocycles. The monoisotopic (exact) mass is 245 g/mol. The summed E-state index contributed by atoms with van der Waals surface area (Å²) in [7, 11) is 0. The van der Waals surface area contributed by atoms with Crippen molar-refractivity contribution in [3.63, 3.8) is 0 Å². The highest BCUT2D eigenvalue weighted by atomic mass is 16.3. The molecule has 0 spiro atoms. The van der Waals surface area contributed by atoms with Gasteiger partial charge in [0, 0.05) is 0 Å². The quantitative estimate of drug-likeness (QED) is 0.460. The van der Waals surface area contributed by atoms with Gasteiger partial charge in [-0.15, -0.1) is 0 Å². The fourth-order valence-corrected chi connectivity index (χ4v) is 1.14. The average Bonchev–Trinajstić information content (AvgIpc) is 2.31. The number of hydrogen-bond acceptors (Lipinski definition) is 4. The van der Waals surface area contributed by atoms with Crippen LogP contribution in [0, 0.1) is 5.92 Å². The number of nitrogens with one attached hydrogen (secondary N) is 2. The van der Waals surface area contributed by atoms with E-state index in [9.17, 15) is 9.59 Å². The summed E-state index contributed by atoms with van der Waals surface area (Å²) in [6.07, 6.45) is 0.641. The molecule has 0 aromatic rings. The Morgan fingerprint density at radius 2 is 1.94 bits per heavy atom. The first kappa shape index (κ1) is 15.9. The molecule has 100 valence electrons. The second kappa shape index (κ2) is 8.03. The molecule has 2 amide bonds. The van der Waals surface area contributed by atoms with E-state index in [1.807, 2.05) is 20.8 Å². The molecule has 0 aromatic carbocycles. The molecule has 0 bridgehead atoms. The molecule has 5 N–H and O–H groups in total. The largest absolute Gasteiger partial charge is 0.394 e. The normalized spacial score (nSPS) is 14.2. The van der Waals surface area contributed by atoms with Gasteiger partial charge < -0.3 is 21.5 Å². The van der Waals surface area contributed by atoms with Crippen molar-refractivity contribution in [3.8, 4) is 0 Å². The maximum atomic E-state index is 11.4. The standard InChI is InChI=1S/C11H23N3O3/c1-4-8(6-15)14-9(16)5-13-11(17)10(12)7(2)3/h7-8,10,15H,4-6,12H2,1-3H3,(H,13,17)(H,14,16)/t8?,10-/m0/s1. The Morgan fingerprint density at radius 1 is 1.35 bits per heavy atom. The second-order valence-corrected chi connectivity index (χ2v) is 4.34. The van der Waals surface area contributed by atoms with Crippen LogP contribution in [0.2, 0.25) is 0 Å². The Balaban J connectivity index is 3.95. The van der Waals surface area contributed by atoms with Crippen molar-refractivity contribution < 1.29 is 14.7 Å². The van der Waals surface area contributed by atoms with Crippen LogP contribution in [0.1, 0.15) is 27.2 Å². The fourth-order valence-electron chi connectivity index (χ4n) is 1.14. The predicted molar refractivity (Wildman–Crippen MR) is 65.1 cm³/mol. The van der Waals surface area contributed by atoms with E-state index in [1.54, 1.807) is 0 Å². The Morgan fingerprint density at radius 3 is 2.35 bits per heavy atom. The van der Waals surface area contributed by atoms with E-state index in [-0.39, 0.29) is 36.9 Å². The topological polar surface area (TPSA) is 104 Å². The minimum Gasteiger partial charge on any atom is -0.394 e. The number of nitrogens with two attached hydrogens (primary N) is 1. The Hall–Kier alpha value is -1.14. The molecular weight excluding hydrogens is 222 g/mol. The molecule has 0 fully saturated rings. The van der Waals surface area contributed by atoms with Gasteiger partial charge in [-0.2, -0.15) is 0 Å². The average molecular weight is 245 g/mol. The van der Waals surface area contributed by atoms with Gasteiger partial charge in [0.05, 0.1) is 25.2 Å². The van der Waals surface area contributed by atoms with Gasteiger partial charge in [0.1, 0.15) is 0 Å². The van der Waals surface area contributed by atoms with E-state index in [2.05, 4.69) is 10.6 Å². The third-order valence-corrected chi connectivity index (χ3v) is 2.52. The van der Waals surface area contributed by atoms with Gasteiger partial charge in [-0.3, -0.25) is 9.59 Å². The smallest absolute Gasteiger partial charge is 0.239 e. The Labute approximate surface area is 102 Å². The summed E-state index contributed by atoms with van der Waals surface area (Å²) in [6, 6.07) is -0.874. The van der Waals surface area contributed by atoms with Crippen molar-refractivity contribution in [1.29, 1.82) is 0 Å². The third kappa shape index (κ3) is 6.23. The van der Waals surface area contributed by atoms with Gasteiger partial charge in [-0.1, -0.05) is 20.8 Å². The highest BCUT2D eigenvalue weighted by Gasteiger charge is 2.18. The van der Waals surface area contributed by atoms with Crippen LogP contribution in [-0.2, 0) is 9.59 Å².